The summed E-state index contributed by atoms with van der Waals surface area (Å²) in [6.07, 6.45) is 2.87. The van der Waals surface area contributed by atoms with Crippen LogP contribution in [0.2, 0.25) is 5.15 Å². The van der Waals surface area contributed by atoms with E-state index >= 15 is 0 Å². The van der Waals surface area contributed by atoms with Crippen molar-refractivity contribution in [2.75, 3.05) is 11.1 Å². The average molecular weight is 318 g/mol. The van der Waals surface area contributed by atoms with E-state index in [0.29, 0.717) is 21.3 Å². The molecule has 4 nitrogen and oxygen atoms in total. The Morgan fingerprint density at radius 1 is 1.53 bits per heavy atom. The van der Waals surface area contributed by atoms with Crippen molar-refractivity contribution in [2.24, 2.45) is 0 Å². The number of nitrogens with zero attached hydrogens (tertiary/aromatic N) is 2. The van der Waals surface area contributed by atoms with E-state index in [-0.39, 0.29) is 17.5 Å². The summed E-state index contributed by atoms with van der Waals surface area (Å²) in [7, 11) is 0. The van der Waals surface area contributed by atoms with E-state index in [1.54, 1.807) is 0 Å². The zero-order valence-corrected chi connectivity index (χ0v) is 12.0. The van der Waals surface area contributed by atoms with E-state index in [1.165, 1.54) is 23.6 Å². The number of hydrogen-bond donors (Lipinski definition) is 2. The van der Waals surface area contributed by atoms with Crippen LogP contribution in [0.15, 0.2) is 18.5 Å². The lowest BCUT2D eigenvalue weighted by molar-refractivity contribution is -0.115. The van der Waals surface area contributed by atoms with Gasteiger partial charge in [-0.2, -0.15) is 12.6 Å². The van der Waals surface area contributed by atoms with E-state index in [9.17, 15) is 9.18 Å². The monoisotopic (exact) mass is 317 g/mol. The van der Waals surface area contributed by atoms with Crippen LogP contribution in [0.1, 0.15) is 6.42 Å². The second kappa shape index (κ2) is 6.31. The van der Waals surface area contributed by atoms with E-state index in [4.69, 9.17) is 11.6 Å². The normalized spacial score (nSPS) is 10.5. The third-order valence-electron chi connectivity index (χ3n) is 2.13. The first-order chi connectivity index (χ1) is 9.10. The Bertz CT molecular complexity index is 605. The number of carbonyl (C=O) groups excluding carboxylic acids is 1. The van der Waals surface area contributed by atoms with Gasteiger partial charge in [-0.1, -0.05) is 22.9 Å². The number of nitrogens with one attached hydrogen (secondary N) is 1. The number of thiazole rings is 1. The topological polar surface area (TPSA) is 54.9 Å². The summed E-state index contributed by atoms with van der Waals surface area (Å²) < 4.78 is 13.1. The number of rotatable bonds is 4. The fraction of sp³-hybridized carbons (Fsp3) is 0.182. The van der Waals surface area contributed by atoms with Crippen molar-refractivity contribution in [3.8, 4) is 10.6 Å². The number of thiol groups is 1. The Hall–Kier alpha value is -1.18. The zero-order valence-electron chi connectivity index (χ0n) is 9.56. The molecule has 0 saturated heterocycles. The number of halogens is 2. The summed E-state index contributed by atoms with van der Waals surface area (Å²) >= 11 is 11.1. The Balaban J connectivity index is 2.23. The third-order valence-corrected chi connectivity index (χ3v) is 3.76. The van der Waals surface area contributed by atoms with Gasteiger partial charge in [-0.25, -0.2) is 9.37 Å². The predicted molar refractivity (Wildman–Crippen MR) is 77.4 cm³/mol. The maximum atomic E-state index is 13.1. The van der Waals surface area contributed by atoms with Crippen molar-refractivity contribution in [1.29, 1.82) is 0 Å². The minimum Gasteiger partial charge on any atom is -0.315 e. The molecule has 2 rings (SSSR count). The first kappa shape index (κ1) is 14.2. The van der Waals surface area contributed by atoms with Crippen molar-refractivity contribution in [2.45, 2.75) is 6.42 Å². The molecule has 2 aromatic rings. The van der Waals surface area contributed by atoms with Gasteiger partial charge in [-0.15, -0.1) is 0 Å². The zero-order chi connectivity index (χ0) is 13.8. The highest BCUT2D eigenvalue weighted by molar-refractivity contribution is 7.80. The van der Waals surface area contributed by atoms with Crippen LogP contribution in [0.5, 0.6) is 0 Å². The smallest absolute Gasteiger partial charge is 0.225 e. The molecule has 2 aromatic heterocycles. The van der Waals surface area contributed by atoms with Gasteiger partial charge in [0.05, 0.1) is 6.20 Å². The van der Waals surface area contributed by atoms with Crippen LogP contribution in [0.25, 0.3) is 10.6 Å². The summed E-state index contributed by atoms with van der Waals surface area (Å²) in [5.41, 5.74) is 0.515. The van der Waals surface area contributed by atoms with Crippen LogP contribution in [-0.4, -0.2) is 21.6 Å². The number of hydrogen-bond acceptors (Lipinski definition) is 5. The van der Waals surface area contributed by atoms with Gasteiger partial charge in [-0.3, -0.25) is 9.78 Å². The molecule has 8 heteroatoms. The highest BCUT2D eigenvalue weighted by atomic mass is 35.5. The van der Waals surface area contributed by atoms with E-state index in [0.717, 1.165) is 6.20 Å². The quantitative estimate of drug-likeness (QED) is 0.851. The molecule has 2 heterocycles. The van der Waals surface area contributed by atoms with Crippen LogP contribution >= 0.6 is 35.6 Å². The first-order valence-electron chi connectivity index (χ1n) is 5.28. The molecule has 0 aliphatic carbocycles. The molecule has 19 heavy (non-hydrogen) atoms. The summed E-state index contributed by atoms with van der Waals surface area (Å²) in [5, 5.41) is 3.75. The summed E-state index contributed by atoms with van der Waals surface area (Å²) in [4.78, 5) is 19.3. The first-order valence-corrected chi connectivity index (χ1v) is 7.11. The van der Waals surface area contributed by atoms with Gasteiger partial charge in [0.25, 0.3) is 0 Å². The molecule has 1 amide bonds. The summed E-state index contributed by atoms with van der Waals surface area (Å²) in [6, 6.07) is 1.31. The molecule has 0 aliphatic heterocycles. The van der Waals surface area contributed by atoms with Crippen LogP contribution in [0.4, 0.5) is 9.39 Å². The van der Waals surface area contributed by atoms with Crippen molar-refractivity contribution >= 4 is 46.5 Å². The van der Waals surface area contributed by atoms with Crippen molar-refractivity contribution in [1.82, 2.24) is 9.97 Å². The SMILES string of the molecule is O=C(CCS)Nc1sc(-c2cncc(F)c2)nc1Cl. The number of carbonyl (C=O) groups is 1. The van der Waals surface area contributed by atoms with Gasteiger partial charge in [-0.05, 0) is 11.8 Å². The Morgan fingerprint density at radius 2 is 2.32 bits per heavy atom. The molecular weight excluding hydrogens is 309 g/mol. The van der Waals surface area contributed by atoms with Crippen LogP contribution in [0.3, 0.4) is 0 Å². The molecule has 0 aromatic carbocycles. The maximum absolute atomic E-state index is 13.1. The molecule has 0 bridgehead atoms. The molecule has 0 radical (unpaired) electrons. The average Bonchev–Trinajstić information content (AvgIpc) is 2.71. The van der Waals surface area contributed by atoms with Gasteiger partial charge >= 0.3 is 0 Å². The number of amides is 1. The molecule has 0 fully saturated rings. The largest absolute Gasteiger partial charge is 0.315 e. The molecule has 0 saturated carbocycles. The second-order valence-electron chi connectivity index (χ2n) is 3.55. The lowest BCUT2D eigenvalue weighted by atomic mass is 10.3. The van der Waals surface area contributed by atoms with Crippen molar-refractivity contribution < 1.29 is 9.18 Å². The lowest BCUT2D eigenvalue weighted by Gasteiger charge is -1.99. The Morgan fingerprint density at radius 3 is 3.00 bits per heavy atom. The fourth-order valence-corrected chi connectivity index (χ4v) is 2.68. The number of aromatic nitrogens is 2. The van der Waals surface area contributed by atoms with E-state index in [2.05, 4.69) is 27.9 Å². The van der Waals surface area contributed by atoms with Crippen LogP contribution < -0.4 is 5.32 Å². The standard InChI is InChI=1S/C11H9ClFN3OS2/c12-9-11(15-8(17)1-2-18)19-10(16-9)6-3-7(13)5-14-4-6/h3-5,18H,1-2H2,(H,15,17). The van der Waals surface area contributed by atoms with Crippen molar-refractivity contribution in [3.05, 3.63) is 29.4 Å². The number of anilines is 1. The van der Waals surface area contributed by atoms with Crippen LogP contribution in [-0.2, 0) is 4.79 Å². The molecule has 0 unspecified atom stereocenters. The van der Waals surface area contributed by atoms with Gasteiger partial charge in [0, 0.05) is 18.2 Å². The van der Waals surface area contributed by atoms with Crippen LogP contribution in [0, 0.1) is 5.82 Å². The molecule has 1 N–H and O–H groups in total. The van der Waals surface area contributed by atoms with Gasteiger partial charge in [0.1, 0.15) is 15.8 Å². The summed E-state index contributed by atoms with van der Waals surface area (Å²) in [6.45, 7) is 0. The maximum Gasteiger partial charge on any atom is 0.225 e. The highest BCUT2D eigenvalue weighted by Crippen LogP contribution is 2.34. The lowest BCUT2D eigenvalue weighted by Crippen LogP contribution is -2.10. The molecule has 0 spiro atoms. The van der Waals surface area contributed by atoms with E-state index in [1.807, 2.05) is 0 Å². The van der Waals surface area contributed by atoms with E-state index < -0.39 is 5.82 Å². The minimum atomic E-state index is -0.454. The van der Waals surface area contributed by atoms with Gasteiger partial charge in [0.2, 0.25) is 5.91 Å². The van der Waals surface area contributed by atoms with Crippen molar-refractivity contribution in [3.63, 3.8) is 0 Å². The predicted octanol–water partition coefficient (Wildman–Crippen LogP) is 3.26. The molecule has 0 atom stereocenters. The van der Waals surface area contributed by atoms with Gasteiger partial charge < -0.3 is 5.32 Å². The third kappa shape index (κ3) is 3.65. The molecule has 100 valence electrons. The summed E-state index contributed by atoms with van der Waals surface area (Å²) in [5.74, 6) is -0.197. The molecule has 0 aliphatic rings. The minimum absolute atomic E-state index is 0.178. The van der Waals surface area contributed by atoms with Gasteiger partial charge in [0.15, 0.2) is 5.15 Å². The highest BCUT2D eigenvalue weighted by Gasteiger charge is 2.13. The Kier molecular flexibility index (Phi) is 4.73. The second-order valence-corrected chi connectivity index (χ2v) is 5.36. The fourth-order valence-electron chi connectivity index (χ4n) is 1.32. The molecular formula is C11H9ClFN3OS2. The number of pyridine rings is 1. The Labute approximate surface area is 123 Å².